The molecule has 0 bridgehead atoms. The molecule has 1 amide bonds. The van der Waals surface area contributed by atoms with E-state index in [4.69, 9.17) is 4.74 Å². The molecule has 2 heterocycles. The van der Waals surface area contributed by atoms with Crippen LogP contribution in [-0.4, -0.2) is 55.5 Å². The number of rotatable bonds is 8. The molecule has 0 aliphatic heterocycles. The number of benzene rings is 1. The molecule has 0 radical (unpaired) electrons. The lowest BCUT2D eigenvalue weighted by molar-refractivity contribution is -0.131. The van der Waals surface area contributed by atoms with Gasteiger partial charge in [0, 0.05) is 36.7 Å². The van der Waals surface area contributed by atoms with E-state index in [0.29, 0.717) is 23.6 Å². The number of pyridine rings is 1. The van der Waals surface area contributed by atoms with E-state index < -0.39 is 0 Å². The van der Waals surface area contributed by atoms with Gasteiger partial charge in [-0.1, -0.05) is 31.0 Å². The van der Waals surface area contributed by atoms with Crippen LogP contribution in [0.25, 0.3) is 17.1 Å². The number of hydrogen-bond acceptors (Lipinski definition) is 6. The molecular weight excluding hydrogens is 434 g/mol. The average Bonchev–Trinajstić information content (AvgIpc) is 3.28. The first-order valence-corrected chi connectivity index (χ1v) is 12.5. The zero-order valence-electron chi connectivity index (χ0n) is 19.5. The van der Waals surface area contributed by atoms with Gasteiger partial charge in [-0.2, -0.15) is 0 Å². The second-order valence-corrected chi connectivity index (χ2v) is 9.62. The minimum absolute atomic E-state index is 0.135. The number of carbonyl (C=O) groups is 1. The summed E-state index contributed by atoms with van der Waals surface area (Å²) in [5, 5.41) is 9.34. The van der Waals surface area contributed by atoms with Crippen molar-refractivity contribution in [1.29, 1.82) is 0 Å². The van der Waals surface area contributed by atoms with Crippen molar-refractivity contribution in [2.45, 2.75) is 62.4 Å². The first-order chi connectivity index (χ1) is 16.1. The molecular formula is C25H31N5O2S. The highest BCUT2D eigenvalue weighted by Crippen LogP contribution is 2.32. The monoisotopic (exact) mass is 465 g/mol. The number of thioether (sulfide) groups is 1. The van der Waals surface area contributed by atoms with E-state index in [1.807, 2.05) is 66.8 Å². The Labute approximate surface area is 199 Å². The molecule has 1 aliphatic carbocycles. The summed E-state index contributed by atoms with van der Waals surface area (Å²) in [4.78, 5) is 19.4. The highest BCUT2D eigenvalue weighted by molar-refractivity contribution is 8.00. The maximum atomic E-state index is 13.2. The summed E-state index contributed by atoms with van der Waals surface area (Å²) in [6, 6.07) is 12.0. The van der Waals surface area contributed by atoms with Crippen molar-refractivity contribution >= 4 is 17.7 Å². The topological polar surface area (TPSA) is 73.1 Å². The normalized spacial score (nSPS) is 15.2. The number of amides is 1. The summed E-state index contributed by atoms with van der Waals surface area (Å²) < 4.78 is 7.59. The van der Waals surface area contributed by atoms with Crippen LogP contribution in [0.15, 0.2) is 53.9 Å². The number of carbonyl (C=O) groups excluding carboxylic acids is 1. The fourth-order valence-corrected chi connectivity index (χ4v) is 5.23. The van der Waals surface area contributed by atoms with Crippen molar-refractivity contribution in [3.63, 3.8) is 0 Å². The van der Waals surface area contributed by atoms with E-state index in [2.05, 4.69) is 15.2 Å². The molecule has 1 fully saturated rings. The van der Waals surface area contributed by atoms with Gasteiger partial charge in [0.1, 0.15) is 5.75 Å². The van der Waals surface area contributed by atoms with Crippen LogP contribution in [0.1, 0.15) is 46.0 Å². The standard InChI is InChI=1S/C25H31N5O2S/c1-4-32-22-14-12-21(13-15-22)30-23(19-9-8-16-26-17-19)27-28-25(30)33-18(2)24(31)29(3)20-10-6-5-7-11-20/h8-9,12-18,20H,4-7,10-11H2,1-3H3/t18-/m1/s1. The quantitative estimate of drug-likeness (QED) is 0.436. The smallest absolute Gasteiger partial charge is 0.235 e. The van der Waals surface area contributed by atoms with Crippen LogP contribution >= 0.6 is 11.8 Å². The molecule has 3 aromatic rings. The minimum Gasteiger partial charge on any atom is -0.494 e. The molecule has 0 saturated heterocycles. The lowest BCUT2D eigenvalue weighted by Gasteiger charge is -2.32. The number of hydrogen-bond donors (Lipinski definition) is 0. The van der Waals surface area contributed by atoms with E-state index >= 15 is 0 Å². The van der Waals surface area contributed by atoms with Crippen LogP contribution in [0.4, 0.5) is 0 Å². The van der Waals surface area contributed by atoms with Gasteiger partial charge < -0.3 is 9.64 Å². The molecule has 7 nitrogen and oxygen atoms in total. The van der Waals surface area contributed by atoms with E-state index in [1.54, 1.807) is 12.4 Å². The Balaban J connectivity index is 1.62. The Bertz CT molecular complexity index is 1050. The van der Waals surface area contributed by atoms with E-state index in [0.717, 1.165) is 29.8 Å². The molecule has 0 unspecified atom stereocenters. The molecule has 4 rings (SSSR count). The minimum atomic E-state index is -0.274. The molecule has 1 atom stereocenters. The largest absolute Gasteiger partial charge is 0.494 e. The average molecular weight is 466 g/mol. The molecule has 174 valence electrons. The molecule has 8 heteroatoms. The third-order valence-corrected chi connectivity index (χ3v) is 7.09. The third kappa shape index (κ3) is 5.38. The number of aromatic nitrogens is 4. The summed E-state index contributed by atoms with van der Waals surface area (Å²) in [7, 11) is 1.94. The van der Waals surface area contributed by atoms with E-state index in [9.17, 15) is 4.79 Å². The highest BCUT2D eigenvalue weighted by atomic mass is 32.2. The Kier molecular flexibility index (Phi) is 7.65. The van der Waals surface area contributed by atoms with Crippen LogP contribution in [0.5, 0.6) is 5.75 Å². The fourth-order valence-electron chi connectivity index (χ4n) is 4.26. The second-order valence-electron chi connectivity index (χ2n) is 8.31. The first-order valence-electron chi connectivity index (χ1n) is 11.6. The molecule has 1 saturated carbocycles. The lowest BCUT2D eigenvalue weighted by atomic mass is 9.94. The molecule has 1 aliphatic rings. The Morgan fingerprint density at radius 2 is 1.94 bits per heavy atom. The summed E-state index contributed by atoms with van der Waals surface area (Å²) >= 11 is 1.44. The van der Waals surface area contributed by atoms with Gasteiger partial charge in [0.15, 0.2) is 11.0 Å². The molecule has 0 N–H and O–H groups in total. The predicted molar refractivity (Wildman–Crippen MR) is 131 cm³/mol. The van der Waals surface area contributed by atoms with E-state index in [1.165, 1.54) is 31.0 Å². The van der Waals surface area contributed by atoms with Crippen LogP contribution in [0, 0.1) is 0 Å². The van der Waals surface area contributed by atoms with Crippen molar-refractivity contribution in [2.24, 2.45) is 0 Å². The van der Waals surface area contributed by atoms with Crippen molar-refractivity contribution < 1.29 is 9.53 Å². The molecule has 33 heavy (non-hydrogen) atoms. The van der Waals surface area contributed by atoms with E-state index in [-0.39, 0.29) is 11.2 Å². The maximum absolute atomic E-state index is 13.2. The Morgan fingerprint density at radius 3 is 2.61 bits per heavy atom. The zero-order valence-corrected chi connectivity index (χ0v) is 20.3. The maximum Gasteiger partial charge on any atom is 0.235 e. The molecule has 1 aromatic carbocycles. The van der Waals surface area contributed by atoms with Gasteiger partial charge >= 0.3 is 0 Å². The van der Waals surface area contributed by atoms with Gasteiger partial charge in [0.2, 0.25) is 5.91 Å². The van der Waals surface area contributed by atoms with Crippen molar-refractivity contribution in [1.82, 2.24) is 24.6 Å². The first kappa shape index (κ1) is 23.3. The summed E-state index contributed by atoms with van der Waals surface area (Å²) in [5.41, 5.74) is 1.77. The highest BCUT2D eigenvalue weighted by Gasteiger charge is 2.28. The summed E-state index contributed by atoms with van der Waals surface area (Å²) in [5.74, 6) is 1.63. The summed E-state index contributed by atoms with van der Waals surface area (Å²) in [6.45, 7) is 4.53. The van der Waals surface area contributed by atoms with Crippen LogP contribution < -0.4 is 4.74 Å². The number of ether oxygens (including phenoxy) is 1. The van der Waals surface area contributed by atoms with Gasteiger partial charge in [-0.25, -0.2) is 0 Å². The third-order valence-electron chi connectivity index (χ3n) is 6.06. The Morgan fingerprint density at radius 1 is 1.18 bits per heavy atom. The van der Waals surface area contributed by atoms with Gasteiger partial charge in [0.25, 0.3) is 0 Å². The van der Waals surface area contributed by atoms with Crippen molar-refractivity contribution in [3.05, 3.63) is 48.8 Å². The molecule has 2 aromatic heterocycles. The van der Waals surface area contributed by atoms with Crippen molar-refractivity contribution in [3.8, 4) is 22.8 Å². The lowest BCUT2D eigenvalue weighted by Crippen LogP contribution is -2.42. The van der Waals surface area contributed by atoms with Crippen LogP contribution in [0.2, 0.25) is 0 Å². The number of nitrogens with zero attached hydrogens (tertiary/aromatic N) is 5. The van der Waals surface area contributed by atoms with Gasteiger partial charge in [0.05, 0.1) is 11.9 Å². The van der Waals surface area contributed by atoms with Gasteiger partial charge in [-0.05, 0) is 63.1 Å². The van der Waals surface area contributed by atoms with Crippen LogP contribution in [-0.2, 0) is 4.79 Å². The van der Waals surface area contributed by atoms with Crippen LogP contribution in [0.3, 0.4) is 0 Å². The zero-order chi connectivity index (χ0) is 23.2. The van der Waals surface area contributed by atoms with Gasteiger partial charge in [-0.15, -0.1) is 10.2 Å². The SMILES string of the molecule is CCOc1ccc(-n2c(S[C@H](C)C(=O)N(C)C3CCCCC3)nnc2-c2cccnc2)cc1. The molecule has 0 spiro atoms. The fraction of sp³-hybridized carbons (Fsp3) is 0.440. The summed E-state index contributed by atoms with van der Waals surface area (Å²) in [6.07, 6.45) is 9.35. The van der Waals surface area contributed by atoms with Crippen molar-refractivity contribution in [2.75, 3.05) is 13.7 Å². The van der Waals surface area contributed by atoms with Gasteiger partial charge in [-0.3, -0.25) is 14.3 Å². The second kappa shape index (κ2) is 10.8. The Hall–Kier alpha value is -2.87. The predicted octanol–water partition coefficient (Wildman–Crippen LogP) is 5.00.